The number of aromatic nitrogens is 2. The second kappa shape index (κ2) is 5.69. The number of nitrogen functional groups attached to an aromatic ring is 1. The third kappa shape index (κ3) is 3.37. The smallest absolute Gasteiger partial charge is 0.284 e. The van der Waals surface area contributed by atoms with E-state index >= 15 is 0 Å². The molecule has 0 amide bonds. The van der Waals surface area contributed by atoms with Crippen LogP contribution in [0.2, 0.25) is 0 Å². The van der Waals surface area contributed by atoms with Crippen LogP contribution < -0.4 is 5.73 Å². The van der Waals surface area contributed by atoms with E-state index in [0.717, 1.165) is 18.4 Å². The maximum atomic E-state index is 12.5. The minimum Gasteiger partial charge on any atom is -0.399 e. The Hall–Kier alpha value is -2.35. The predicted octanol–water partition coefficient (Wildman–Crippen LogP) is 1.75. The summed E-state index contributed by atoms with van der Waals surface area (Å²) in [5.74, 6) is 0. The molecule has 0 saturated heterocycles. The molecule has 0 atom stereocenters. The van der Waals surface area contributed by atoms with Crippen molar-refractivity contribution in [1.82, 2.24) is 14.7 Å². The highest BCUT2D eigenvalue weighted by Crippen LogP contribution is 2.36. The lowest BCUT2D eigenvalue weighted by Crippen LogP contribution is -2.10. The van der Waals surface area contributed by atoms with E-state index in [0.29, 0.717) is 17.3 Å². The molecule has 7 nitrogen and oxygen atoms in total. The molecular weight excluding hydrogens is 314 g/mol. The number of benzene rings is 1. The molecule has 0 aliphatic heterocycles. The topological polar surface area (TPSA) is 93.6 Å². The third-order valence-corrected chi connectivity index (χ3v) is 4.80. The molecule has 1 heterocycles. The Morgan fingerprint density at radius 3 is 2.78 bits per heavy atom. The second-order valence-corrected chi connectivity index (χ2v) is 7.46. The van der Waals surface area contributed by atoms with E-state index in [4.69, 9.17) is 5.73 Å². The summed E-state index contributed by atoms with van der Waals surface area (Å²) < 4.78 is 30.6. The monoisotopic (exact) mass is 333 g/mol. The predicted molar refractivity (Wildman–Crippen MR) is 89.7 cm³/mol. The first kappa shape index (κ1) is 15.5. The van der Waals surface area contributed by atoms with Crippen LogP contribution in [0, 0.1) is 0 Å². The van der Waals surface area contributed by atoms with E-state index in [-0.39, 0.29) is 4.90 Å². The highest BCUT2D eigenvalue weighted by Gasteiger charge is 2.25. The van der Waals surface area contributed by atoms with Gasteiger partial charge in [-0.25, -0.2) is 0 Å². The van der Waals surface area contributed by atoms with Crippen molar-refractivity contribution in [2.45, 2.75) is 23.8 Å². The second-order valence-electron chi connectivity index (χ2n) is 5.86. The van der Waals surface area contributed by atoms with Gasteiger partial charge in [-0.3, -0.25) is 4.68 Å². The van der Waals surface area contributed by atoms with Gasteiger partial charge in [-0.15, -0.1) is 4.40 Å². The van der Waals surface area contributed by atoms with Crippen molar-refractivity contribution in [3.05, 3.63) is 30.6 Å². The van der Waals surface area contributed by atoms with Crippen molar-refractivity contribution < 1.29 is 8.42 Å². The Balaban J connectivity index is 2.07. The molecule has 0 bridgehead atoms. The number of sulfonamides is 1. The maximum Gasteiger partial charge on any atom is 0.284 e. The summed E-state index contributed by atoms with van der Waals surface area (Å²) in [7, 11) is -0.427. The molecule has 1 aromatic carbocycles. The van der Waals surface area contributed by atoms with Gasteiger partial charge in [0.15, 0.2) is 0 Å². The van der Waals surface area contributed by atoms with Gasteiger partial charge in [0.25, 0.3) is 10.0 Å². The van der Waals surface area contributed by atoms with Crippen LogP contribution in [-0.4, -0.2) is 43.5 Å². The molecule has 23 heavy (non-hydrogen) atoms. The molecule has 1 aliphatic carbocycles. The molecular formula is C15H19N5O2S. The summed E-state index contributed by atoms with van der Waals surface area (Å²) in [6.45, 7) is 0. The quantitative estimate of drug-likeness (QED) is 0.511. The highest BCUT2D eigenvalue weighted by atomic mass is 32.2. The maximum absolute atomic E-state index is 12.5. The van der Waals surface area contributed by atoms with Gasteiger partial charge >= 0.3 is 0 Å². The lowest BCUT2D eigenvalue weighted by Gasteiger charge is -2.08. The van der Waals surface area contributed by atoms with Gasteiger partial charge in [0.05, 0.1) is 17.1 Å². The first-order valence-electron chi connectivity index (χ1n) is 7.28. The molecule has 2 aromatic rings. The molecule has 0 spiro atoms. The summed E-state index contributed by atoms with van der Waals surface area (Å²) in [5, 5.41) is 4.32. The normalized spacial score (nSPS) is 15.2. The lowest BCUT2D eigenvalue weighted by atomic mass is 10.1. The zero-order chi connectivity index (χ0) is 16.6. The standard InChI is InChI=1S/C15H19N5O2S/c1-19(2)10-18-23(21,22)15-7-12(16)3-6-14(15)11-8-17-20(9-11)13-4-5-13/h3,6-10,13H,4-5,16H2,1-2H3/b18-10+. The Bertz CT molecular complexity index is 851. The number of nitrogens with zero attached hydrogens (tertiary/aromatic N) is 4. The zero-order valence-corrected chi connectivity index (χ0v) is 13.9. The van der Waals surface area contributed by atoms with Crippen LogP contribution in [0.1, 0.15) is 18.9 Å². The van der Waals surface area contributed by atoms with E-state index in [2.05, 4.69) is 9.50 Å². The fourth-order valence-corrected chi connectivity index (χ4v) is 3.39. The van der Waals surface area contributed by atoms with Gasteiger partial charge in [-0.05, 0) is 25.0 Å². The Labute approximate surface area is 135 Å². The molecule has 3 rings (SSSR count). The van der Waals surface area contributed by atoms with Crippen LogP contribution in [0.15, 0.2) is 39.9 Å². The van der Waals surface area contributed by atoms with E-state index in [1.165, 1.54) is 12.4 Å². The largest absolute Gasteiger partial charge is 0.399 e. The van der Waals surface area contributed by atoms with Crippen LogP contribution in [0.4, 0.5) is 5.69 Å². The van der Waals surface area contributed by atoms with Gasteiger partial charge in [0.2, 0.25) is 0 Å². The van der Waals surface area contributed by atoms with E-state index in [1.54, 1.807) is 37.3 Å². The molecule has 1 saturated carbocycles. The van der Waals surface area contributed by atoms with Crippen molar-refractivity contribution in [1.29, 1.82) is 0 Å². The highest BCUT2D eigenvalue weighted by molar-refractivity contribution is 7.90. The summed E-state index contributed by atoms with van der Waals surface area (Å²) in [4.78, 5) is 1.65. The van der Waals surface area contributed by atoms with Crippen molar-refractivity contribution in [2.75, 3.05) is 19.8 Å². The van der Waals surface area contributed by atoms with Gasteiger partial charge < -0.3 is 10.6 Å². The summed E-state index contributed by atoms with van der Waals surface area (Å²) in [6, 6.07) is 5.25. The van der Waals surface area contributed by atoms with E-state index in [9.17, 15) is 8.42 Å². The third-order valence-electron chi connectivity index (χ3n) is 3.53. The number of anilines is 1. The van der Waals surface area contributed by atoms with Crippen molar-refractivity contribution in [2.24, 2.45) is 4.40 Å². The number of hydrogen-bond donors (Lipinski definition) is 1. The van der Waals surface area contributed by atoms with Crippen LogP contribution >= 0.6 is 0 Å². The first-order valence-corrected chi connectivity index (χ1v) is 8.72. The summed E-state index contributed by atoms with van der Waals surface area (Å²) in [5.41, 5.74) is 7.45. The Morgan fingerprint density at radius 2 is 2.13 bits per heavy atom. The van der Waals surface area contributed by atoms with Crippen LogP contribution in [-0.2, 0) is 10.0 Å². The van der Waals surface area contributed by atoms with Crippen molar-refractivity contribution >= 4 is 22.0 Å². The van der Waals surface area contributed by atoms with Crippen LogP contribution in [0.5, 0.6) is 0 Å². The van der Waals surface area contributed by atoms with Gasteiger partial charge in [-0.1, -0.05) is 6.07 Å². The molecule has 1 fully saturated rings. The van der Waals surface area contributed by atoms with Crippen molar-refractivity contribution in [3.63, 3.8) is 0 Å². The van der Waals surface area contributed by atoms with Crippen LogP contribution in [0.25, 0.3) is 11.1 Å². The summed E-state index contributed by atoms with van der Waals surface area (Å²) in [6.07, 6.45) is 7.04. The molecule has 0 radical (unpaired) electrons. The average Bonchev–Trinajstić information content (AvgIpc) is 3.23. The zero-order valence-electron chi connectivity index (χ0n) is 13.0. The fourth-order valence-electron chi connectivity index (χ4n) is 2.22. The number of nitrogens with two attached hydrogens (primary N) is 1. The molecule has 122 valence electrons. The molecule has 8 heteroatoms. The SMILES string of the molecule is CN(C)/C=N/S(=O)(=O)c1cc(N)ccc1-c1cnn(C2CC2)c1. The van der Waals surface area contributed by atoms with Crippen LogP contribution in [0.3, 0.4) is 0 Å². The Morgan fingerprint density at radius 1 is 1.39 bits per heavy atom. The number of rotatable bonds is 5. The van der Waals surface area contributed by atoms with E-state index in [1.807, 2.05) is 10.9 Å². The molecule has 2 N–H and O–H groups in total. The minimum atomic E-state index is -3.84. The molecule has 0 unspecified atom stereocenters. The lowest BCUT2D eigenvalue weighted by molar-refractivity contribution is 0.595. The Kier molecular flexibility index (Phi) is 3.85. The van der Waals surface area contributed by atoms with E-state index < -0.39 is 10.0 Å². The molecule has 1 aromatic heterocycles. The first-order chi connectivity index (χ1) is 10.9. The molecule has 1 aliphatic rings. The minimum absolute atomic E-state index is 0.0888. The van der Waals surface area contributed by atoms with Crippen molar-refractivity contribution in [3.8, 4) is 11.1 Å². The average molecular weight is 333 g/mol. The fraction of sp³-hybridized carbons (Fsp3) is 0.333. The summed E-state index contributed by atoms with van der Waals surface area (Å²) >= 11 is 0. The van der Waals surface area contributed by atoms with Gasteiger partial charge in [0, 0.05) is 37.1 Å². The number of hydrogen-bond acceptors (Lipinski definition) is 4. The van der Waals surface area contributed by atoms with Gasteiger partial charge in [0.1, 0.15) is 6.34 Å². The van der Waals surface area contributed by atoms with Gasteiger partial charge in [-0.2, -0.15) is 13.5 Å².